The van der Waals surface area contributed by atoms with Gasteiger partial charge in [0.2, 0.25) is 5.91 Å². The molecule has 222 valence electrons. The summed E-state index contributed by atoms with van der Waals surface area (Å²) in [7, 11) is 0. The molecule has 3 heterocycles. The quantitative estimate of drug-likeness (QED) is 0.0601. The van der Waals surface area contributed by atoms with E-state index in [1.54, 1.807) is 75.6 Å². The zero-order valence-electron chi connectivity index (χ0n) is 24.4. The van der Waals surface area contributed by atoms with Crippen molar-refractivity contribution in [1.82, 2.24) is 15.0 Å². The number of ether oxygens (including phenoxy) is 1. The summed E-state index contributed by atoms with van der Waals surface area (Å²) in [6.45, 7) is 5.21. The second kappa shape index (κ2) is 12.8. The Morgan fingerprint density at radius 2 is 1.68 bits per heavy atom. The van der Waals surface area contributed by atoms with Gasteiger partial charge in [-0.25, -0.2) is 9.37 Å². The molecule has 0 saturated heterocycles. The van der Waals surface area contributed by atoms with Crippen LogP contribution in [-0.4, -0.2) is 32.4 Å². The van der Waals surface area contributed by atoms with Gasteiger partial charge in [-0.05, 0) is 85.8 Å². The predicted octanol–water partition coefficient (Wildman–Crippen LogP) is 7.44. The van der Waals surface area contributed by atoms with Gasteiger partial charge >= 0.3 is 5.97 Å². The normalized spacial score (nSPS) is 11.9. The summed E-state index contributed by atoms with van der Waals surface area (Å²) in [5, 5.41) is 7.18. The molecule has 11 heteroatoms. The lowest BCUT2D eigenvalue weighted by Crippen LogP contribution is -2.37. The summed E-state index contributed by atoms with van der Waals surface area (Å²) in [5.41, 5.74) is 13.1. The summed E-state index contributed by atoms with van der Waals surface area (Å²) in [5.74, 6) is -2.46. The fourth-order valence-electron chi connectivity index (χ4n) is 4.84. The Hall–Kier alpha value is -5.54. The molecule has 5 aromatic rings. The third-order valence-electron chi connectivity index (χ3n) is 6.79. The molecule has 5 rings (SSSR count). The zero-order chi connectivity index (χ0) is 31.3. The van der Waals surface area contributed by atoms with Crippen LogP contribution in [0, 0.1) is 11.7 Å². The number of nitrogens with one attached hydrogen (secondary N) is 2. The van der Waals surface area contributed by atoms with Crippen LogP contribution in [-0.2, 0) is 27.2 Å². The van der Waals surface area contributed by atoms with Crippen molar-refractivity contribution < 1.29 is 18.7 Å². The topological polar surface area (TPSA) is 146 Å². The van der Waals surface area contributed by atoms with Gasteiger partial charge in [-0.3, -0.25) is 14.6 Å². The highest BCUT2D eigenvalue weighted by molar-refractivity contribution is 6.05. The summed E-state index contributed by atoms with van der Waals surface area (Å²) in [4.78, 5) is 41.7. The van der Waals surface area contributed by atoms with E-state index in [2.05, 4.69) is 30.3 Å². The highest BCUT2D eigenvalue weighted by Gasteiger charge is 2.32. The molecule has 2 aromatic carbocycles. The highest BCUT2D eigenvalue weighted by Crippen LogP contribution is 2.34. The summed E-state index contributed by atoms with van der Waals surface area (Å²) < 4.78 is 19.1. The Morgan fingerprint density at radius 3 is 2.34 bits per heavy atom. The average Bonchev–Trinajstić information content (AvgIpc) is 3.34. The van der Waals surface area contributed by atoms with E-state index in [-0.39, 0.29) is 18.1 Å². The fourth-order valence-corrected chi connectivity index (χ4v) is 4.84. The van der Waals surface area contributed by atoms with Crippen molar-refractivity contribution in [2.24, 2.45) is 11.0 Å². The van der Waals surface area contributed by atoms with E-state index in [9.17, 15) is 14.0 Å². The number of aromatic nitrogens is 3. The highest BCUT2D eigenvalue weighted by atomic mass is 19.1. The molecular weight excluding hydrogens is 561 g/mol. The zero-order valence-corrected chi connectivity index (χ0v) is 24.4. The van der Waals surface area contributed by atoms with Gasteiger partial charge in [-0.15, -0.1) is 0 Å². The van der Waals surface area contributed by atoms with Gasteiger partial charge in [0.25, 0.3) is 0 Å². The first-order chi connectivity index (χ1) is 21.1. The molecule has 0 aliphatic heterocycles. The molecule has 0 aliphatic rings. The van der Waals surface area contributed by atoms with Crippen molar-refractivity contribution >= 4 is 34.4 Å². The number of amides is 1. The van der Waals surface area contributed by atoms with E-state index >= 15 is 0 Å². The molecule has 0 aliphatic carbocycles. The standard InChI is InChI=1S/C33H30FN7O3/c1-33(2,3)44-32(43)26(18-20-6-10-24(11-7-20)40-41-35)31(42)39-28-13-12-25-29(22-14-16-36-17-15-22)27(37-30(25)38-28)19-21-4-8-23(34)9-5-21/h4-17,26H,18-19H2,1-3H3,(H2,37,38,39,42)/t26-/m0/s1. The molecule has 2 N–H and O–H groups in total. The maximum Gasteiger partial charge on any atom is 0.319 e. The molecule has 10 nitrogen and oxygen atoms in total. The molecule has 0 fully saturated rings. The van der Waals surface area contributed by atoms with Crippen LogP contribution in [0.4, 0.5) is 15.9 Å². The Bertz CT molecular complexity index is 1840. The fraction of sp³-hybridized carbons (Fsp3) is 0.212. The van der Waals surface area contributed by atoms with E-state index in [4.69, 9.17) is 10.3 Å². The molecule has 0 bridgehead atoms. The first-order valence-electron chi connectivity index (χ1n) is 13.9. The molecule has 0 saturated carbocycles. The lowest BCUT2D eigenvalue weighted by molar-refractivity contribution is -0.161. The molecule has 0 radical (unpaired) electrons. The van der Waals surface area contributed by atoms with Crippen molar-refractivity contribution in [2.45, 2.75) is 39.2 Å². The van der Waals surface area contributed by atoms with Crippen LogP contribution in [0.5, 0.6) is 0 Å². The van der Waals surface area contributed by atoms with Crippen LogP contribution in [0.15, 0.2) is 90.3 Å². The predicted molar refractivity (Wildman–Crippen MR) is 165 cm³/mol. The van der Waals surface area contributed by atoms with Crippen LogP contribution in [0.2, 0.25) is 0 Å². The molecule has 0 unspecified atom stereocenters. The van der Waals surface area contributed by atoms with E-state index < -0.39 is 23.4 Å². The number of anilines is 1. The van der Waals surface area contributed by atoms with E-state index in [1.165, 1.54) is 12.1 Å². The number of esters is 1. The van der Waals surface area contributed by atoms with E-state index in [0.717, 1.165) is 27.8 Å². The van der Waals surface area contributed by atoms with Gasteiger partial charge in [-0.1, -0.05) is 41.5 Å². The Kier molecular flexibility index (Phi) is 8.68. The van der Waals surface area contributed by atoms with Gasteiger partial charge in [0, 0.05) is 46.1 Å². The number of fused-ring (bicyclic) bond motifs is 1. The minimum atomic E-state index is -1.16. The van der Waals surface area contributed by atoms with E-state index in [0.29, 0.717) is 23.3 Å². The number of benzene rings is 2. The third kappa shape index (κ3) is 7.26. The Labute approximate surface area is 253 Å². The number of hydrogen-bond donors (Lipinski definition) is 2. The molecule has 3 aromatic heterocycles. The number of halogens is 1. The number of rotatable bonds is 9. The number of carbonyl (C=O) groups is 2. The monoisotopic (exact) mass is 591 g/mol. The molecule has 1 amide bonds. The van der Waals surface area contributed by atoms with E-state index in [1.807, 2.05) is 18.2 Å². The van der Waals surface area contributed by atoms with Crippen LogP contribution < -0.4 is 5.32 Å². The number of pyridine rings is 2. The van der Waals surface area contributed by atoms with Gasteiger partial charge in [0.1, 0.15) is 28.8 Å². The van der Waals surface area contributed by atoms with Gasteiger partial charge in [0.15, 0.2) is 0 Å². The molecule has 1 atom stereocenters. The van der Waals surface area contributed by atoms with Crippen LogP contribution in [0.25, 0.3) is 32.6 Å². The number of nitrogens with zero attached hydrogens (tertiary/aromatic N) is 5. The van der Waals surface area contributed by atoms with Crippen molar-refractivity contribution in [1.29, 1.82) is 0 Å². The van der Waals surface area contributed by atoms with Crippen LogP contribution in [0.3, 0.4) is 0 Å². The minimum Gasteiger partial charge on any atom is -0.459 e. The van der Waals surface area contributed by atoms with Crippen molar-refractivity contribution in [3.8, 4) is 11.1 Å². The summed E-state index contributed by atoms with van der Waals surface area (Å²) >= 11 is 0. The first-order valence-corrected chi connectivity index (χ1v) is 13.9. The largest absolute Gasteiger partial charge is 0.459 e. The third-order valence-corrected chi connectivity index (χ3v) is 6.79. The minimum absolute atomic E-state index is 0.0655. The van der Waals surface area contributed by atoms with Gasteiger partial charge in [0.05, 0.1) is 0 Å². The first kappa shape index (κ1) is 29.9. The smallest absolute Gasteiger partial charge is 0.319 e. The van der Waals surface area contributed by atoms with Crippen molar-refractivity contribution in [3.63, 3.8) is 0 Å². The lowest BCUT2D eigenvalue weighted by atomic mass is 9.97. The maximum atomic E-state index is 13.5. The Balaban J connectivity index is 1.45. The molecule has 0 spiro atoms. The number of azide groups is 1. The number of carbonyl (C=O) groups excluding carboxylic acids is 2. The second-order valence-electron chi connectivity index (χ2n) is 11.2. The Morgan fingerprint density at radius 1 is 1.00 bits per heavy atom. The van der Waals surface area contributed by atoms with Gasteiger partial charge in [-0.2, -0.15) is 0 Å². The number of hydrogen-bond acceptors (Lipinski definition) is 6. The maximum absolute atomic E-state index is 13.5. The van der Waals surface area contributed by atoms with Crippen molar-refractivity contribution in [3.05, 3.63) is 118 Å². The van der Waals surface area contributed by atoms with Crippen molar-refractivity contribution in [2.75, 3.05) is 5.32 Å². The van der Waals surface area contributed by atoms with Crippen LogP contribution >= 0.6 is 0 Å². The molecule has 44 heavy (non-hydrogen) atoms. The molecular formula is C33H30FN7O3. The number of H-pyrrole nitrogens is 1. The second-order valence-corrected chi connectivity index (χ2v) is 11.2. The summed E-state index contributed by atoms with van der Waals surface area (Å²) in [6, 6.07) is 20.3. The van der Waals surface area contributed by atoms with Crippen LogP contribution in [0.1, 0.15) is 37.6 Å². The average molecular weight is 592 g/mol. The lowest BCUT2D eigenvalue weighted by Gasteiger charge is -2.23. The van der Waals surface area contributed by atoms with Gasteiger partial charge < -0.3 is 15.0 Å². The number of aromatic amines is 1. The SMILES string of the molecule is CC(C)(C)OC(=O)[C@@H](Cc1ccc(N=[N+]=[N-])cc1)C(=O)Nc1ccc2c(-c3ccncc3)c(Cc3ccc(F)cc3)[nH]c2n1. The summed E-state index contributed by atoms with van der Waals surface area (Å²) in [6.07, 6.45) is 3.98.